The van der Waals surface area contributed by atoms with E-state index < -0.39 is 0 Å². The lowest BCUT2D eigenvalue weighted by Crippen LogP contribution is -1.99. The number of hydrogen-bond donors (Lipinski definition) is 0. The lowest BCUT2D eigenvalue weighted by molar-refractivity contribution is -0.378. The molecule has 3 heterocycles. The Labute approximate surface area is 271 Å². The highest BCUT2D eigenvalue weighted by Crippen LogP contribution is 2.19. The number of rotatable bonds is 4. The molecule has 0 atom stereocenters. The molecule has 0 unspecified atom stereocenters. The lowest BCUT2D eigenvalue weighted by atomic mass is 10.0. The van der Waals surface area contributed by atoms with Crippen molar-refractivity contribution in [2.45, 2.75) is 116 Å². The molecule has 0 saturated heterocycles. The summed E-state index contributed by atoms with van der Waals surface area (Å²) in [6.45, 7) is 17.3. The maximum atomic E-state index is 12.4. The van der Waals surface area contributed by atoms with Gasteiger partial charge < -0.3 is 0 Å². The summed E-state index contributed by atoms with van der Waals surface area (Å²) < 4.78 is 12.4. The first-order chi connectivity index (χ1) is 17.1. The number of halogens is 2. The van der Waals surface area contributed by atoms with Crippen molar-refractivity contribution in [1.29, 1.82) is 0 Å². The van der Waals surface area contributed by atoms with Crippen molar-refractivity contribution in [3.8, 4) is 0 Å². The lowest BCUT2D eigenvalue weighted by Gasteiger charge is -2.02. The molecule has 4 rings (SSSR count). The molecule has 2 nitrogen and oxygen atoms in total. The van der Waals surface area contributed by atoms with Gasteiger partial charge in [0.2, 0.25) is 0 Å². The van der Waals surface area contributed by atoms with Crippen LogP contribution in [0.25, 0.3) is 0 Å². The van der Waals surface area contributed by atoms with Crippen molar-refractivity contribution in [2.24, 2.45) is 0 Å². The van der Waals surface area contributed by atoms with Gasteiger partial charge in [0.25, 0.3) is 0 Å². The van der Waals surface area contributed by atoms with Gasteiger partial charge in [-0.05, 0) is 70.5 Å². The summed E-state index contributed by atoms with van der Waals surface area (Å²) in [4.78, 5) is 8.64. The average Bonchev–Trinajstić information content (AvgIpc) is 3.42. The maximum Gasteiger partial charge on any atom is 0.167 e. The first kappa shape index (κ1) is 52.1. The van der Waals surface area contributed by atoms with E-state index in [1.165, 1.54) is 28.1 Å². The van der Waals surface area contributed by atoms with Gasteiger partial charge in [-0.2, -0.15) is 0 Å². The zero-order valence-corrected chi connectivity index (χ0v) is 25.2. The Kier molecular flexibility index (Phi) is 37.1. The van der Waals surface area contributed by atoms with Crippen LogP contribution in [0, 0.1) is 5.82 Å². The molecule has 42 heavy (non-hydrogen) atoms. The van der Waals surface area contributed by atoms with Crippen LogP contribution in [0.5, 0.6) is 0 Å². The van der Waals surface area contributed by atoms with Gasteiger partial charge >= 0.3 is 0 Å². The molecular formula is C37H65ClFN2S+. The number of aromatic amines is 1. The van der Waals surface area contributed by atoms with E-state index in [-0.39, 0.29) is 55.4 Å². The van der Waals surface area contributed by atoms with Crippen LogP contribution < -0.4 is 4.98 Å². The van der Waals surface area contributed by atoms with Gasteiger partial charge in [-0.15, -0.1) is 23.7 Å². The minimum absolute atomic E-state index is 0. The second-order valence-corrected chi connectivity index (χ2v) is 10.8. The van der Waals surface area contributed by atoms with E-state index in [0.717, 1.165) is 5.69 Å². The Morgan fingerprint density at radius 3 is 1.38 bits per heavy atom. The molecule has 0 radical (unpaired) electrons. The van der Waals surface area contributed by atoms with Crippen LogP contribution in [-0.4, -0.2) is 4.98 Å². The topological polar surface area (TPSA) is 27.0 Å². The van der Waals surface area contributed by atoms with Gasteiger partial charge in [-0.3, -0.25) is 4.98 Å². The molecule has 1 aromatic carbocycles. The summed E-state index contributed by atoms with van der Waals surface area (Å²) in [5.74, 6) is 2.21. The van der Waals surface area contributed by atoms with Gasteiger partial charge in [0.15, 0.2) is 12.4 Å². The molecule has 1 N–H and O–H groups in total. The fourth-order valence-corrected chi connectivity index (χ4v) is 3.71. The third-order valence-corrected chi connectivity index (χ3v) is 6.51. The number of H-pyrrole nitrogens is 1. The van der Waals surface area contributed by atoms with Crippen LogP contribution in [0.3, 0.4) is 0 Å². The second kappa shape index (κ2) is 29.9. The Hall–Kier alpha value is -2.56. The summed E-state index contributed by atoms with van der Waals surface area (Å²) in [5.41, 5.74) is 3.73. The third-order valence-electron chi connectivity index (χ3n) is 5.34. The van der Waals surface area contributed by atoms with Gasteiger partial charge in [0, 0.05) is 28.9 Å². The van der Waals surface area contributed by atoms with E-state index in [4.69, 9.17) is 0 Å². The summed E-state index contributed by atoms with van der Waals surface area (Å²) >= 11 is 1.83. The van der Waals surface area contributed by atoms with Crippen molar-refractivity contribution in [2.75, 3.05) is 0 Å². The number of benzene rings is 1. The maximum absolute atomic E-state index is 12.4. The number of nitrogens with zero attached hydrogens (tertiary/aromatic N) is 1. The van der Waals surface area contributed by atoms with E-state index in [9.17, 15) is 4.39 Å². The molecule has 0 saturated carbocycles. The fraction of sp³-hybridized carbons (Fsp3) is 0.459. The predicted molar refractivity (Wildman–Crippen MR) is 195 cm³/mol. The van der Waals surface area contributed by atoms with Crippen LogP contribution >= 0.6 is 23.7 Å². The molecule has 5 heteroatoms. The SMILES string of the molecule is C.C.C.C.C.CC(C)c1cc[nH+]cc1.CC(C)c1ccc(F)cc1.CC(C)c1ccccn1.CC(C)c1cccs1.Cl. The summed E-state index contributed by atoms with van der Waals surface area (Å²) in [6.07, 6.45) is 5.74. The number of nitrogens with one attached hydrogen (secondary N) is 1. The third kappa shape index (κ3) is 23.1. The van der Waals surface area contributed by atoms with E-state index >= 15 is 0 Å². The van der Waals surface area contributed by atoms with Gasteiger partial charge in [0.1, 0.15) is 5.82 Å². The second-order valence-electron chi connectivity index (χ2n) is 9.77. The largest absolute Gasteiger partial charge is 0.261 e. The van der Waals surface area contributed by atoms with Crippen LogP contribution in [0.1, 0.15) is 138 Å². The van der Waals surface area contributed by atoms with Crippen molar-refractivity contribution >= 4 is 23.7 Å². The Morgan fingerprint density at radius 2 is 1.10 bits per heavy atom. The van der Waals surface area contributed by atoms with E-state index in [0.29, 0.717) is 23.7 Å². The highest BCUT2D eigenvalue weighted by atomic mass is 35.5. The Bertz CT molecular complexity index is 991. The van der Waals surface area contributed by atoms with Crippen LogP contribution in [-0.2, 0) is 0 Å². The molecular weight excluding hydrogens is 559 g/mol. The Morgan fingerprint density at radius 1 is 0.595 bits per heavy atom. The zero-order valence-electron chi connectivity index (χ0n) is 23.6. The van der Waals surface area contributed by atoms with E-state index in [1.54, 1.807) is 0 Å². The van der Waals surface area contributed by atoms with Crippen molar-refractivity contribution < 1.29 is 9.37 Å². The molecule has 0 bridgehead atoms. The predicted octanol–water partition coefficient (Wildman–Crippen LogP) is 13.3. The van der Waals surface area contributed by atoms with Crippen molar-refractivity contribution in [3.05, 3.63) is 118 Å². The normalized spacial score (nSPS) is 8.79. The van der Waals surface area contributed by atoms with Gasteiger partial charge in [-0.25, -0.2) is 9.37 Å². The number of aromatic nitrogens is 2. The quantitative estimate of drug-likeness (QED) is 0.222. The molecule has 0 fully saturated rings. The van der Waals surface area contributed by atoms with Crippen molar-refractivity contribution in [3.63, 3.8) is 0 Å². The average molecular weight is 624 g/mol. The molecule has 0 spiro atoms. The fourth-order valence-electron chi connectivity index (χ4n) is 2.97. The monoisotopic (exact) mass is 623 g/mol. The minimum atomic E-state index is -0.163. The zero-order chi connectivity index (χ0) is 26.9. The summed E-state index contributed by atoms with van der Waals surface area (Å²) in [7, 11) is 0. The molecule has 242 valence electrons. The van der Waals surface area contributed by atoms with E-state index in [1.807, 2.05) is 60.3 Å². The summed E-state index contributed by atoms with van der Waals surface area (Å²) in [5, 5.41) is 2.12. The highest BCUT2D eigenvalue weighted by Gasteiger charge is 1.98. The highest BCUT2D eigenvalue weighted by molar-refractivity contribution is 7.10. The van der Waals surface area contributed by atoms with Crippen LogP contribution in [0.4, 0.5) is 4.39 Å². The smallest absolute Gasteiger partial charge is 0.167 e. The van der Waals surface area contributed by atoms with Gasteiger partial charge in [-0.1, -0.05) is 117 Å². The van der Waals surface area contributed by atoms with E-state index in [2.05, 4.69) is 95.0 Å². The number of thiophene rings is 1. The van der Waals surface area contributed by atoms with Crippen molar-refractivity contribution in [1.82, 2.24) is 4.98 Å². The molecule has 4 aromatic rings. The molecule has 0 aliphatic rings. The molecule has 0 aliphatic carbocycles. The number of pyridine rings is 2. The molecule has 0 aliphatic heterocycles. The van der Waals surface area contributed by atoms with Crippen LogP contribution in [0.2, 0.25) is 0 Å². The minimum Gasteiger partial charge on any atom is -0.261 e. The first-order valence-corrected chi connectivity index (χ1v) is 13.7. The molecule has 0 amide bonds. The summed E-state index contributed by atoms with van der Waals surface area (Å²) in [6, 6.07) is 21.1. The number of hydrogen-bond acceptors (Lipinski definition) is 2. The van der Waals surface area contributed by atoms with Gasteiger partial charge in [0.05, 0.1) is 0 Å². The Balaban J connectivity index is -0.0000000984. The molecule has 3 aromatic heterocycles. The first-order valence-electron chi connectivity index (χ1n) is 12.8. The standard InChI is InChI=1S/C9H11F.2C8H11N.C7H10S.5CH4.ClH/c1-7(2)8-3-5-9(10)6-4-8;1-7(2)8-3-5-9-6-4-8;1-7(2)8-5-3-4-6-9-8;1-6(2)7-4-3-5-8-7;;;;;;/h3-7H,1-2H3;2*3-7H,1-2H3;3-6H,1-2H3;5*1H4;1H/p+1. The van der Waals surface area contributed by atoms with Crippen LogP contribution in [0.15, 0.2) is 90.7 Å².